The number of aliphatic hydroxyl groups is 1. The van der Waals surface area contributed by atoms with Gasteiger partial charge in [-0.3, -0.25) is 0 Å². The van der Waals surface area contributed by atoms with Crippen molar-refractivity contribution < 1.29 is 14.6 Å². The predicted molar refractivity (Wildman–Crippen MR) is 70.3 cm³/mol. The molecule has 0 aromatic heterocycles. The average molecular weight is 247 g/mol. The van der Waals surface area contributed by atoms with Crippen molar-refractivity contribution in [1.29, 1.82) is 0 Å². The van der Waals surface area contributed by atoms with Crippen molar-refractivity contribution in [2.45, 2.75) is 52.2 Å². The van der Waals surface area contributed by atoms with E-state index in [4.69, 9.17) is 9.47 Å². The molecule has 0 bridgehead atoms. The summed E-state index contributed by atoms with van der Waals surface area (Å²) >= 11 is 0. The van der Waals surface area contributed by atoms with Crippen molar-refractivity contribution in [2.24, 2.45) is 0 Å². The molecule has 1 unspecified atom stereocenters. The summed E-state index contributed by atoms with van der Waals surface area (Å²) in [6.45, 7) is 11.3. The molecule has 0 aliphatic rings. The fourth-order valence-corrected chi connectivity index (χ4v) is 1.17. The number of rotatable bonds is 10. The summed E-state index contributed by atoms with van der Waals surface area (Å²) in [6.07, 6.45) is 1.82. The Morgan fingerprint density at radius 3 is 2.53 bits per heavy atom. The standard InChI is InChI=1S/C13H29NO3/c1-5-6-8-16-9-7-14-10-12(15)11-17-13(2,3)4/h12,14-15H,5-11H2,1-4H3. The minimum atomic E-state index is -0.454. The van der Waals surface area contributed by atoms with Crippen LogP contribution in [0.4, 0.5) is 0 Å². The van der Waals surface area contributed by atoms with Crippen LogP contribution in [0.2, 0.25) is 0 Å². The quantitative estimate of drug-likeness (QED) is 0.575. The molecule has 17 heavy (non-hydrogen) atoms. The number of unbranched alkanes of at least 4 members (excludes halogenated alkanes) is 1. The van der Waals surface area contributed by atoms with E-state index in [1.807, 2.05) is 20.8 Å². The van der Waals surface area contributed by atoms with Crippen molar-refractivity contribution in [3.05, 3.63) is 0 Å². The first-order chi connectivity index (χ1) is 7.95. The Morgan fingerprint density at radius 1 is 1.24 bits per heavy atom. The van der Waals surface area contributed by atoms with E-state index >= 15 is 0 Å². The molecule has 0 spiro atoms. The summed E-state index contributed by atoms with van der Waals surface area (Å²) in [5.41, 5.74) is -0.190. The molecule has 0 aromatic carbocycles. The van der Waals surface area contributed by atoms with E-state index in [0.29, 0.717) is 19.8 Å². The van der Waals surface area contributed by atoms with E-state index in [-0.39, 0.29) is 5.60 Å². The van der Waals surface area contributed by atoms with E-state index in [1.165, 1.54) is 0 Å². The number of hydrogen-bond acceptors (Lipinski definition) is 4. The fraction of sp³-hybridized carbons (Fsp3) is 1.00. The van der Waals surface area contributed by atoms with Crippen LogP contribution < -0.4 is 5.32 Å². The number of ether oxygens (including phenoxy) is 2. The third-order valence-electron chi connectivity index (χ3n) is 2.15. The molecular weight excluding hydrogens is 218 g/mol. The lowest BCUT2D eigenvalue weighted by Crippen LogP contribution is -2.35. The first-order valence-corrected chi connectivity index (χ1v) is 6.56. The van der Waals surface area contributed by atoms with Crippen molar-refractivity contribution >= 4 is 0 Å². The lowest BCUT2D eigenvalue weighted by molar-refractivity contribution is -0.0480. The Hall–Kier alpha value is -0.160. The van der Waals surface area contributed by atoms with Gasteiger partial charge in [0.1, 0.15) is 0 Å². The fourth-order valence-electron chi connectivity index (χ4n) is 1.17. The second-order valence-corrected chi connectivity index (χ2v) is 5.25. The van der Waals surface area contributed by atoms with Crippen LogP contribution >= 0.6 is 0 Å². The first kappa shape index (κ1) is 16.8. The molecule has 0 aliphatic carbocycles. The number of hydrogen-bond donors (Lipinski definition) is 2. The topological polar surface area (TPSA) is 50.7 Å². The van der Waals surface area contributed by atoms with E-state index < -0.39 is 6.10 Å². The number of aliphatic hydroxyl groups excluding tert-OH is 1. The van der Waals surface area contributed by atoms with Gasteiger partial charge in [-0.25, -0.2) is 0 Å². The SMILES string of the molecule is CCCCOCCNCC(O)COC(C)(C)C. The Labute approximate surface area is 106 Å². The van der Waals surface area contributed by atoms with E-state index in [1.54, 1.807) is 0 Å². The highest BCUT2D eigenvalue weighted by Gasteiger charge is 2.12. The first-order valence-electron chi connectivity index (χ1n) is 6.56. The zero-order valence-electron chi connectivity index (χ0n) is 11.8. The Morgan fingerprint density at radius 2 is 1.94 bits per heavy atom. The van der Waals surface area contributed by atoms with Crippen LogP contribution in [0.5, 0.6) is 0 Å². The largest absolute Gasteiger partial charge is 0.389 e. The van der Waals surface area contributed by atoms with Gasteiger partial charge in [-0.2, -0.15) is 0 Å². The van der Waals surface area contributed by atoms with E-state index in [9.17, 15) is 5.11 Å². The summed E-state index contributed by atoms with van der Waals surface area (Å²) in [5.74, 6) is 0. The molecule has 4 heteroatoms. The van der Waals surface area contributed by atoms with Gasteiger partial charge in [0.15, 0.2) is 0 Å². The third-order valence-corrected chi connectivity index (χ3v) is 2.15. The van der Waals surface area contributed by atoms with Crippen LogP contribution in [-0.2, 0) is 9.47 Å². The summed E-state index contributed by atoms with van der Waals surface area (Å²) in [7, 11) is 0. The summed E-state index contributed by atoms with van der Waals surface area (Å²) in [4.78, 5) is 0. The van der Waals surface area contributed by atoms with Crippen LogP contribution in [-0.4, -0.2) is 49.7 Å². The number of nitrogens with one attached hydrogen (secondary N) is 1. The highest BCUT2D eigenvalue weighted by atomic mass is 16.5. The van der Waals surface area contributed by atoms with Gasteiger partial charge in [-0.1, -0.05) is 13.3 Å². The van der Waals surface area contributed by atoms with Gasteiger partial charge >= 0.3 is 0 Å². The molecule has 104 valence electrons. The molecule has 0 saturated heterocycles. The zero-order chi connectivity index (χ0) is 13.1. The lowest BCUT2D eigenvalue weighted by atomic mass is 10.2. The highest BCUT2D eigenvalue weighted by Crippen LogP contribution is 2.06. The second kappa shape index (κ2) is 9.83. The predicted octanol–water partition coefficient (Wildman–Crippen LogP) is 1.57. The molecule has 0 fully saturated rings. The Kier molecular flexibility index (Phi) is 9.74. The molecule has 2 N–H and O–H groups in total. The summed E-state index contributed by atoms with van der Waals surface area (Å²) in [5, 5.41) is 12.8. The van der Waals surface area contributed by atoms with Crippen molar-refractivity contribution in [3.63, 3.8) is 0 Å². The van der Waals surface area contributed by atoms with Gasteiger partial charge in [-0.05, 0) is 27.2 Å². The Bertz CT molecular complexity index is 169. The van der Waals surface area contributed by atoms with Gasteiger partial charge < -0.3 is 19.9 Å². The molecule has 0 aliphatic heterocycles. The molecule has 0 heterocycles. The third kappa shape index (κ3) is 13.8. The van der Waals surface area contributed by atoms with Crippen molar-refractivity contribution in [2.75, 3.05) is 32.9 Å². The second-order valence-electron chi connectivity index (χ2n) is 5.25. The van der Waals surface area contributed by atoms with Crippen LogP contribution in [0.1, 0.15) is 40.5 Å². The van der Waals surface area contributed by atoms with Crippen LogP contribution in [0, 0.1) is 0 Å². The minimum absolute atomic E-state index is 0.190. The maximum Gasteiger partial charge on any atom is 0.0897 e. The molecular formula is C13H29NO3. The van der Waals surface area contributed by atoms with Crippen LogP contribution in [0.3, 0.4) is 0 Å². The molecule has 0 rings (SSSR count). The smallest absolute Gasteiger partial charge is 0.0897 e. The molecule has 0 radical (unpaired) electrons. The van der Waals surface area contributed by atoms with Gasteiger partial charge in [0.05, 0.1) is 24.9 Å². The molecule has 0 saturated carbocycles. The van der Waals surface area contributed by atoms with Crippen molar-refractivity contribution in [3.8, 4) is 0 Å². The molecule has 4 nitrogen and oxygen atoms in total. The van der Waals surface area contributed by atoms with E-state index in [0.717, 1.165) is 26.0 Å². The van der Waals surface area contributed by atoms with Crippen LogP contribution in [0.25, 0.3) is 0 Å². The maximum absolute atomic E-state index is 9.62. The maximum atomic E-state index is 9.62. The zero-order valence-corrected chi connectivity index (χ0v) is 11.8. The normalized spacial score (nSPS) is 13.9. The minimum Gasteiger partial charge on any atom is -0.389 e. The molecule has 0 amide bonds. The monoisotopic (exact) mass is 247 g/mol. The average Bonchev–Trinajstić information content (AvgIpc) is 2.24. The lowest BCUT2D eigenvalue weighted by Gasteiger charge is -2.22. The summed E-state index contributed by atoms with van der Waals surface area (Å²) < 4.78 is 10.9. The molecule has 1 atom stereocenters. The van der Waals surface area contributed by atoms with Gasteiger partial charge in [0.25, 0.3) is 0 Å². The van der Waals surface area contributed by atoms with Crippen LogP contribution in [0.15, 0.2) is 0 Å². The van der Waals surface area contributed by atoms with Crippen molar-refractivity contribution in [1.82, 2.24) is 5.32 Å². The van der Waals surface area contributed by atoms with E-state index in [2.05, 4.69) is 12.2 Å². The Balaban J connectivity index is 3.25. The van der Waals surface area contributed by atoms with Gasteiger partial charge in [-0.15, -0.1) is 0 Å². The van der Waals surface area contributed by atoms with Gasteiger partial charge in [0, 0.05) is 19.7 Å². The summed E-state index contributed by atoms with van der Waals surface area (Å²) in [6, 6.07) is 0. The highest BCUT2D eigenvalue weighted by molar-refractivity contribution is 4.63. The van der Waals surface area contributed by atoms with Gasteiger partial charge in [0.2, 0.25) is 0 Å². The molecule has 0 aromatic rings.